The molecule has 0 atom stereocenters. The predicted octanol–water partition coefficient (Wildman–Crippen LogP) is 1.66. The molecule has 3 rings (SSSR count). The third kappa shape index (κ3) is 3.31. The van der Waals surface area contributed by atoms with Gasteiger partial charge < -0.3 is 25.5 Å². The summed E-state index contributed by atoms with van der Waals surface area (Å²) in [5, 5.41) is 47.9. The molecule has 0 aliphatic heterocycles. The van der Waals surface area contributed by atoms with Crippen LogP contribution in [0.4, 0.5) is 0 Å². The minimum Gasteiger partial charge on any atom is -0.508 e. The third-order valence-electron chi connectivity index (χ3n) is 3.58. The maximum atomic E-state index is 10.8. The summed E-state index contributed by atoms with van der Waals surface area (Å²) in [4.78, 5) is 22.9. The van der Waals surface area contributed by atoms with Gasteiger partial charge in [0.15, 0.2) is 23.1 Å². The van der Waals surface area contributed by atoms with Gasteiger partial charge in [-0.05, 0) is 30.3 Å². The number of carboxylic acids is 1. The SMILES string of the molecule is O=C(O)Cc1cc(O)c(-c2ncnc(-c3ccc(O)c(O)c3)n2)cc1O. The van der Waals surface area contributed by atoms with Gasteiger partial charge in [0.2, 0.25) is 0 Å². The minimum absolute atomic E-state index is 0.0391. The zero-order chi connectivity index (χ0) is 18.8. The number of carboxylic acid groups (broad SMARTS) is 1. The minimum atomic E-state index is -1.15. The van der Waals surface area contributed by atoms with Crippen molar-refractivity contribution in [1.82, 2.24) is 15.0 Å². The molecule has 9 nitrogen and oxygen atoms in total. The molecule has 0 radical (unpaired) electrons. The zero-order valence-corrected chi connectivity index (χ0v) is 13.2. The van der Waals surface area contributed by atoms with Crippen LogP contribution in [0.15, 0.2) is 36.7 Å². The molecule has 0 unspecified atom stereocenters. The molecule has 0 saturated carbocycles. The van der Waals surface area contributed by atoms with Crippen LogP contribution in [0.25, 0.3) is 22.8 Å². The lowest BCUT2D eigenvalue weighted by atomic mass is 10.1. The lowest BCUT2D eigenvalue weighted by Gasteiger charge is -2.09. The van der Waals surface area contributed by atoms with Gasteiger partial charge in [-0.2, -0.15) is 0 Å². The molecule has 0 spiro atoms. The first-order valence-corrected chi connectivity index (χ1v) is 7.33. The highest BCUT2D eigenvalue weighted by atomic mass is 16.4. The molecular weight excluding hydrogens is 342 g/mol. The Morgan fingerprint density at radius 3 is 2.27 bits per heavy atom. The molecule has 0 fully saturated rings. The Kier molecular flexibility index (Phi) is 4.27. The maximum absolute atomic E-state index is 10.8. The van der Waals surface area contributed by atoms with Crippen molar-refractivity contribution in [2.45, 2.75) is 6.42 Å². The first-order chi connectivity index (χ1) is 12.3. The summed E-state index contributed by atoms with van der Waals surface area (Å²) in [7, 11) is 0. The summed E-state index contributed by atoms with van der Waals surface area (Å²) in [6.45, 7) is 0. The number of aromatic hydroxyl groups is 4. The maximum Gasteiger partial charge on any atom is 0.307 e. The predicted molar refractivity (Wildman–Crippen MR) is 88.7 cm³/mol. The Morgan fingerprint density at radius 2 is 1.58 bits per heavy atom. The number of hydrogen-bond donors (Lipinski definition) is 5. The fraction of sp³-hybridized carbons (Fsp3) is 0.0588. The number of nitrogens with zero attached hydrogens (tertiary/aromatic N) is 3. The summed E-state index contributed by atoms with van der Waals surface area (Å²) in [5.74, 6) is -2.20. The Morgan fingerprint density at radius 1 is 0.846 bits per heavy atom. The number of aliphatic carboxylic acids is 1. The Bertz CT molecular complexity index is 1010. The van der Waals surface area contributed by atoms with E-state index in [4.69, 9.17) is 5.11 Å². The van der Waals surface area contributed by atoms with E-state index < -0.39 is 12.4 Å². The second-order valence-corrected chi connectivity index (χ2v) is 5.40. The number of rotatable bonds is 4. The summed E-state index contributed by atoms with van der Waals surface area (Å²) < 4.78 is 0. The fourth-order valence-corrected chi connectivity index (χ4v) is 2.33. The largest absolute Gasteiger partial charge is 0.508 e. The van der Waals surface area contributed by atoms with Crippen LogP contribution < -0.4 is 0 Å². The van der Waals surface area contributed by atoms with E-state index in [1.807, 2.05) is 0 Å². The van der Waals surface area contributed by atoms with Gasteiger partial charge in [-0.15, -0.1) is 0 Å². The van der Waals surface area contributed by atoms with E-state index in [1.54, 1.807) is 0 Å². The molecule has 0 aliphatic carbocycles. The summed E-state index contributed by atoms with van der Waals surface area (Å²) in [6.07, 6.45) is 0.734. The molecule has 0 bridgehead atoms. The van der Waals surface area contributed by atoms with E-state index in [-0.39, 0.29) is 45.8 Å². The fourth-order valence-electron chi connectivity index (χ4n) is 2.33. The van der Waals surface area contributed by atoms with Crippen molar-refractivity contribution in [3.05, 3.63) is 42.2 Å². The topological polar surface area (TPSA) is 157 Å². The van der Waals surface area contributed by atoms with Gasteiger partial charge >= 0.3 is 5.97 Å². The number of carbonyl (C=O) groups is 1. The normalized spacial score (nSPS) is 10.6. The van der Waals surface area contributed by atoms with Crippen LogP contribution in [-0.2, 0) is 11.2 Å². The molecule has 1 aromatic heterocycles. The number of hydrogen-bond acceptors (Lipinski definition) is 8. The second-order valence-electron chi connectivity index (χ2n) is 5.40. The van der Waals surface area contributed by atoms with Crippen molar-refractivity contribution >= 4 is 5.97 Å². The van der Waals surface area contributed by atoms with E-state index in [2.05, 4.69) is 15.0 Å². The first kappa shape index (κ1) is 17.0. The number of phenols is 4. The molecule has 2 aromatic carbocycles. The van der Waals surface area contributed by atoms with Gasteiger partial charge in [-0.3, -0.25) is 4.79 Å². The third-order valence-corrected chi connectivity index (χ3v) is 3.58. The monoisotopic (exact) mass is 355 g/mol. The van der Waals surface area contributed by atoms with E-state index in [1.165, 1.54) is 30.6 Å². The first-order valence-electron chi connectivity index (χ1n) is 7.33. The molecular formula is C17H13N3O6. The van der Waals surface area contributed by atoms with Crippen LogP contribution in [0.2, 0.25) is 0 Å². The molecule has 0 saturated heterocycles. The molecule has 3 aromatic rings. The zero-order valence-electron chi connectivity index (χ0n) is 13.2. The molecule has 5 N–H and O–H groups in total. The average Bonchev–Trinajstić information content (AvgIpc) is 2.60. The van der Waals surface area contributed by atoms with E-state index >= 15 is 0 Å². The summed E-state index contributed by atoms with van der Waals surface area (Å²) >= 11 is 0. The lowest BCUT2D eigenvalue weighted by molar-refractivity contribution is -0.136. The van der Waals surface area contributed by atoms with Crippen LogP contribution in [-0.4, -0.2) is 46.5 Å². The van der Waals surface area contributed by atoms with Gasteiger partial charge in [0.25, 0.3) is 0 Å². The Hall–Kier alpha value is -3.88. The lowest BCUT2D eigenvalue weighted by Crippen LogP contribution is -2.01. The summed E-state index contributed by atoms with van der Waals surface area (Å²) in [6, 6.07) is 6.33. The molecule has 9 heteroatoms. The second kappa shape index (κ2) is 6.55. The summed E-state index contributed by atoms with van der Waals surface area (Å²) in [5.41, 5.74) is 0.537. The standard InChI is InChI=1S/C17H13N3O6/c21-11-2-1-8(3-14(11)24)16-18-7-19-17(20-16)10-6-12(22)9(4-13(10)23)5-15(25)26/h1-4,6-7,21-24H,5H2,(H,25,26). The van der Waals surface area contributed by atoms with Crippen LogP contribution in [0.1, 0.15) is 5.56 Å². The van der Waals surface area contributed by atoms with Crippen molar-refractivity contribution in [2.24, 2.45) is 0 Å². The smallest absolute Gasteiger partial charge is 0.307 e. The van der Waals surface area contributed by atoms with E-state index in [9.17, 15) is 25.2 Å². The van der Waals surface area contributed by atoms with Crippen molar-refractivity contribution < 1.29 is 30.3 Å². The van der Waals surface area contributed by atoms with Crippen LogP contribution in [0.3, 0.4) is 0 Å². The van der Waals surface area contributed by atoms with Gasteiger partial charge in [0.1, 0.15) is 17.8 Å². The molecule has 0 aliphatic rings. The van der Waals surface area contributed by atoms with Gasteiger partial charge in [-0.25, -0.2) is 15.0 Å². The highest BCUT2D eigenvalue weighted by molar-refractivity contribution is 5.75. The number of phenolic OH excluding ortho intramolecular Hbond substituents is 4. The molecule has 0 amide bonds. The van der Waals surface area contributed by atoms with Crippen molar-refractivity contribution in [2.75, 3.05) is 0 Å². The number of benzene rings is 2. The highest BCUT2D eigenvalue weighted by Crippen LogP contribution is 2.34. The van der Waals surface area contributed by atoms with Gasteiger partial charge in [0, 0.05) is 11.1 Å². The average molecular weight is 355 g/mol. The van der Waals surface area contributed by atoms with Gasteiger partial charge in [0.05, 0.1) is 12.0 Å². The molecule has 1 heterocycles. The van der Waals surface area contributed by atoms with Crippen LogP contribution in [0.5, 0.6) is 23.0 Å². The Balaban J connectivity index is 2.04. The van der Waals surface area contributed by atoms with Crippen molar-refractivity contribution in [3.8, 4) is 45.8 Å². The van der Waals surface area contributed by atoms with Crippen molar-refractivity contribution in [3.63, 3.8) is 0 Å². The molecule has 26 heavy (non-hydrogen) atoms. The number of aromatic nitrogens is 3. The van der Waals surface area contributed by atoms with E-state index in [0.29, 0.717) is 5.56 Å². The van der Waals surface area contributed by atoms with Crippen molar-refractivity contribution in [1.29, 1.82) is 0 Å². The highest BCUT2D eigenvalue weighted by Gasteiger charge is 2.16. The van der Waals surface area contributed by atoms with E-state index in [0.717, 1.165) is 6.07 Å². The molecule has 132 valence electrons. The Labute approximate surface area is 146 Å². The van der Waals surface area contributed by atoms with Crippen LogP contribution in [0, 0.1) is 0 Å². The quantitative estimate of drug-likeness (QED) is 0.347. The van der Waals surface area contributed by atoms with Crippen LogP contribution >= 0.6 is 0 Å². The van der Waals surface area contributed by atoms with Gasteiger partial charge in [-0.1, -0.05) is 0 Å².